The minimum atomic E-state index is 0.523. The molecule has 2 atom stereocenters. The van der Waals surface area contributed by atoms with E-state index in [4.69, 9.17) is 0 Å². The zero-order chi connectivity index (χ0) is 12.6. The molecule has 2 fully saturated rings. The lowest BCUT2D eigenvalue weighted by molar-refractivity contribution is 0.0225. The molecule has 2 aliphatic rings. The van der Waals surface area contributed by atoms with Crippen molar-refractivity contribution in [1.82, 2.24) is 4.90 Å². The lowest BCUT2D eigenvalue weighted by Crippen LogP contribution is -2.56. The Morgan fingerprint density at radius 2 is 2.00 bits per heavy atom. The van der Waals surface area contributed by atoms with Crippen LogP contribution >= 0.6 is 0 Å². The lowest BCUT2D eigenvalue weighted by Gasteiger charge is -2.54. The molecule has 2 unspecified atom stereocenters. The maximum absolute atomic E-state index is 4.53. The van der Waals surface area contributed by atoms with E-state index < -0.39 is 0 Å². The van der Waals surface area contributed by atoms with E-state index >= 15 is 0 Å². The summed E-state index contributed by atoms with van der Waals surface area (Å²) in [5.41, 5.74) is 0.523. The number of amidine groups is 1. The van der Waals surface area contributed by atoms with Gasteiger partial charge in [0.25, 0.3) is 0 Å². The molecule has 0 radical (unpaired) electrons. The largest absolute Gasteiger partial charge is 0.355 e. The second-order valence-corrected chi connectivity index (χ2v) is 6.73. The molecule has 98 valence electrons. The highest BCUT2D eigenvalue weighted by Crippen LogP contribution is 2.47. The first-order chi connectivity index (χ1) is 7.97. The predicted octanol–water partition coefficient (Wildman–Crippen LogP) is 3.71. The van der Waals surface area contributed by atoms with Crippen LogP contribution in [0.2, 0.25) is 0 Å². The van der Waals surface area contributed by atoms with E-state index in [1.165, 1.54) is 37.9 Å². The summed E-state index contributed by atoms with van der Waals surface area (Å²) in [5.74, 6) is 2.21. The minimum absolute atomic E-state index is 0.523. The van der Waals surface area contributed by atoms with E-state index in [2.05, 4.69) is 37.6 Å². The van der Waals surface area contributed by atoms with E-state index in [9.17, 15) is 0 Å². The molecular weight excluding hydrogens is 208 g/mol. The zero-order valence-electron chi connectivity index (χ0n) is 12.2. The van der Waals surface area contributed by atoms with Gasteiger partial charge in [-0.25, -0.2) is 0 Å². The van der Waals surface area contributed by atoms with Gasteiger partial charge in [0.05, 0.1) is 5.84 Å². The summed E-state index contributed by atoms with van der Waals surface area (Å²) in [7, 11) is 1.96. The fraction of sp³-hybridized carbons (Fsp3) is 0.933. The third kappa shape index (κ3) is 2.23. The molecule has 0 aromatic heterocycles. The maximum atomic E-state index is 4.53. The average Bonchev–Trinajstić information content (AvgIpc) is 2.26. The molecule has 1 aliphatic carbocycles. The number of nitrogens with zero attached hydrogens (tertiary/aromatic N) is 2. The summed E-state index contributed by atoms with van der Waals surface area (Å²) in [6, 6.07) is 1.33. The van der Waals surface area contributed by atoms with Gasteiger partial charge < -0.3 is 4.90 Å². The lowest BCUT2D eigenvalue weighted by atomic mass is 9.63. The predicted molar refractivity (Wildman–Crippen MR) is 74.5 cm³/mol. The zero-order valence-corrected chi connectivity index (χ0v) is 12.2. The first-order valence-corrected chi connectivity index (χ1v) is 7.21. The number of likely N-dealkylation sites (tertiary alicyclic amines) is 1. The Morgan fingerprint density at radius 3 is 2.59 bits per heavy atom. The molecule has 17 heavy (non-hydrogen) atoms. The molecule has 0 N–H and O–H groups in total. The summed E-state index contributed by atoms with van der Waals surface area (Å²) >= 11 is 0. The third-order valence-electron chi connectivity index (χ3n) is 4.94. The number of hydrogen-bond acceptors (Lipinski definition) is 1. The highest BCUT2D eigenvalue weighted by molar-refractivity contribution is 5.83. The van der Waals surface area contributed by atoms with Gasteiger partial charge in [-0.05, 0) is 44.4 Å². The molecule has 2 rings (SSSR count). The Bertz CT molecular complexity index is 304. The van der Waals surface area contributed by atoms with Gasteiger partial charge in [-0.2, -0.15) is 0 Å². The first kappa shape index (κ1) is 12.9. The normalized spacial score (nSPS) is 35.2. The molecule has 2 heteroatoms. The molecule has 1 saturated heterocycles. The number of hydrogen-bond donors (Lipinski definition) is 0. The van der Waals surface area contributed by atoms with Gasteiger partial charge in [0.15, 0.2) is 0 Å². The fourth-order valence-corrected chi connectivity index (χ4v) is 4.10. The van der Waals surface area contributed by atoms with Gasteiger partial charge >= 0.3 is 0 Å². The van der Waals surface area contributed by atoms with E-state index in [-0.39, 0.29) is 0 Å². The Hall–Kier alpha value is -0.530. The van der Waals surface area contributed by atoms with Crippen molar-refractivity contribution in [1.29, 1.82) is 0 Å². The van der Waals surface area contributed by atoms with Crippen molar-refractivity contribution in [3.8, 4) is 0 Å². The van der Waals surface area contributed by atoms with Crippen molar-refractivity contribution >= 4 is 5.84 Å². The summed E-state index contributed by atoms with van der Waals surface area (Å²) in [4.78, 5) is 7.15. The van der Waals surface area contributed by atoms with Crippen molar-refractivity contribution in [2.24, 2.45) is 16.3 Å². The standard InChI is InChI=1S/C15H28N2/c1-11(2)17-13-7-6-10-15(3,4)12(13)8-9-14(17)16-5/h11-13H,6-10H2,1-5H3. The Labute approximate surface area is 106 Å². The van der Waals surface area contributed by atoms with Crippen LogP contribution in [0.15, 0.2) is 4.99 Å². The van der Waals surface area contributed by atoms with Crippen LogP contribution in [0.4, 0.5) is 0 Å². The van der Waals surface area contributed by atoms with Crippen LogP contribution < -0.4 is 0 Å². The highest BCUT2D eigenvalue weighted by atomic mass is 15.2. The van der Waals surface area contributed by atoms with Crippen LogP contribution in [0.5, 0.6) is 0 Å². The van der Waals surface area contributed by atoms with Gasteiger partial charge in [-0.3, -0.25) is 4.99 Å². The fourth-order valence-electron chi connectivity index (χ4n) is 4.10. The van der Waals surface area contributed by atoms with Crippen LogP contribution in [0.25, 0.3) is 0 Å². The first-order valence-electron chi connectivity index (χ1n) is 7.21. The summed E-state index contributed by atoms with van der Waals surface area (Å²) in [6.07, 6.45) is 6.67. The molecule has 1 aliphatic heterocycles. The highest BCUT2D eigenvalue weighted by Gasteiger charge is 2.45. The maximum Gasteiger partial charge on any atom is 0.0990 e. The summed E-state index contributed by atoms with van der Waals surface area (Å²) in [5, 5.41) is 0. The molecule has 1 heterocycles. The Balaban J connectivity index is 2.28. The smallest absolute Gasteiger partial charge is 0.0990 e. The van der Waals surface area contributed by atoms with Crippen LogP contribution in [0.1, 0.15) is 59.8 Å². The van der Waals surface area contributed by atoms with Crippen molar-refractivity contribution < 1.29 is 0 Å². The third-order valence-corrected chi connectivity index (χ3v) is 4.94. The van der Waals surface area contributed by atoms with Crippen LogP contribution in [-0.4, -0.2) is 29.9 Å². The number of rotatable bonds is 1. The van der Waals surface area contributed by atoms with Gasteiger partial charge in [-0.1, -0.05) is 20.3 Å². The second-order valence-electron chi connectivity index (χ2n) is 6.73. The SMILES string of the molecule is CN=C1CCC2C(CCCC2(C)C)N1C(C)C. The van der Waals surface area contributed by atoms with Crippen LogP contribution in [0.3, 0.4) is 0 Å². The van der Waals surface area contributed by atoms with Gasteiger partial charge in [-0.15, -0.1) is 0 Å². The van der Waals surface area contributed by atoms with Crippen LogP contribution in [0, 0.1) is 11.3 Å². The number of aliphatic imine (C=N–C) groups is 1. The molecule has 0 aromatic rings. The van der Waals surface area contributed by atoms with Crippen molar-refractivity contribution in [3.05, 3.63) is 0 Å². The monoisotopic (exact) mass is 236 g/mol. The average molecular weight is 236 g/mol. The molecule has 2 nitrogen and oxygen atoms in total. The molecule has 1 saturated carbocycles. The van der Waals surface area contributed by atoms with Crippen molar-refractivity contribution in [2.45, 2.75) is 71.9 Å². The topological polar surface area (TPSA) is 15.6 Å². The molecule has 0 bridgehead atoms. The van der Waals surface area contributed by atoms with E-state index in [1.807, 2.05) is 7.05 Å². The number of piperidine rings is 1. The van der Waals surface area contributed by atoms with Gasteiger partial charge in [0.1, 0.15) is 0 Å². The Kier molecular flexibility index (Phi) is 3.51. The number of fused-ring (bicyclic) bond motifs is 1. The molecular formula is C15H28N2. The van der Waals surface area contributed by atoms with E-state index in [0.29, 0.717) is 11.5 Å². The molecule has 0 aromatic carbocycles. The van der Waals surface area contributed by atoms with Crippen molar-refractivity contribution in [3.63, 3.8) is 0 Å². The Morgan fingerprint density at radius 1 is 1.29 bits per heavy atom. The van der Waals surface area contributed by atoms with Crippen LogP contribution in [-0.2, 0) is 0 Å². The summed E-state index contributed by atoms with van der Waals surface area (Å²) in [6.45, 7) is 9.57. The van der Waals surface area contributed by atoms with Crippen molar-refractivity contribution in [2.75, 3.05) is 7.05 Å². The molecule has 0 spiro atoms. The molecule has 0 amide bonds. The van der Waals surface area contributed by atoms with E-state index in [1.54, 1.807) is 0 Å². The quantitative estimate of drug-likeness (QED) is 0.677. The van der Waals surface area contributed by atoms with Gasteiger partial charge in [0.2, 0.25) is 0 Å². The van der Waals surface area contributed by atoms with E-state index in [0.717, 1.165) is 12.0 Å². The second kappa shape index (κ2) is 4.62. The summed E-state index contributed by atoms with van der Waals surface area (Å²) < 4.78 is 0. The minimum Gasteiger partial charge on any atom is -0.355 e. The van der Waals surface area contributed by atoms with Gasteiger partial charge in [0, 0.05) is 25.6 Å².